The maximum atomic E-state index is 10.0. The Bertz CT molecular complexity index is 383. The standard InChI is InChI=1S/C18H29NO2/c1-2-15-9-11-18(12-10-15)21-14-17(20)13-19-16-7-5-3-4-6-8-16/h9-12,16-17,19-20H,2-8,13-14H2,1H3. The molecule has 0 saturated heterocycles. The Kier molecular flexibility index (Phi) is 7.04. The van der Waals surface area contributed by atoms with Gasteiger partial charge in [-0.2, -0.15) is 0 Å². The molecule has 2 N–H and O–H groups in total. The third-order valence-corrected chi connectivity index (χ3v) is 4.27. The van der Waals surface area contributed by atoms with Crippen molar-refractivity contribution in [2.75, 3.05) is 13.2 Å². The predicted octanol–water partition coefficient (Wildman–Crippen LogP) is 3.30. The number of hydrogen-bond acceptors (Lipinski definition) is 3. The number of aliphatic hydroxyl groups excluding tert-OH is 1. The molecule has 1 fully saturated rings. The van der Waals surface area contributed by atoms with Crippen LogP contribution in [0.3, 0.4) is 0 Å². The van der Waals surface area contributed by atoms with Gasteiger partial charge >= 0.3 is 0 Å². The number of nitrogens with one attached hydrogen (secondary N) is 1. The Hall–Kier alpha value is -1.06. The van der Waals surface area contributed by atoms with Gasteiger partial charge in [-0.3, -0.25) is 0 Å². The second-order valence-corrected chi connectivity index (χ2v) is 6.06. The van der Waals surface area contributed by atoms with E-state index in [1.807, 2.05) is 12.1 Å². The SMILES string of the molecule is CCc1ccc(OCC(O)CNC2CCCCCC2)cc1. The van der Waals surface area contributed by atoms with E-state index >= 15 is 0 Å². The molecule has 0 amide bonds. The van der Waals surface area contributed by atoms with E-state index in [1.54, 1.807) is 0 Å². The Morgan fingerprint density at radius 1 is 1.14 bits per heavy atom. The average molecular weight is 291 g/mol. The summed E-state index contributed by atoms with van der Waals surface area (Å²) in [5.74, 6) is 0.834. The van der Waals surface area contributed by atoms with Crippen molar-refractivity contribution in [3.05, 3.63) is 29.8 Å². The Labute approximate surface area is 128 Å². The van der Waals surface area contributed by atoms with Crippen LogP contribution < -0.4 is 10.1 Å². The topological polar surface area (TPSA) is 41.5 Å². The highest BCUT2D eigenvalue weighted by Gasteiger charge is 2.13. The van der Waals surface area contributed by atoms with Gasteiger partial charge in [-0.1, -0.05) is 44.7 Å². The number of benzene rings is 1. The zero-order valence-electron chi connectivity index (χ0n) is 13.2. The number of rotatable bonds is 7. The largest absolute Gasteiger partial charge is 0.491 e. The number of hydrogen-bond donors (Lipinski definition) is 2. The second-order valence-electron chi connectivity index (χ2n) is 6.06. The summed E-state index contributed by atoms with van der Waals surface area (Å²) in [4.78, 5) is 0. The van der Waals surface area contributed by atoms with Crippen LogP contribution in [0, 0.1) is 0 Å². The molecule has 1 aromatic rings. The lowest BCUT2D eigenvalue weighted by molar-refractivity contribution is 0.103. The van der Waals surface area contributed by atoms with Gasteiger partial charge in [0.2, 0.25) is 0 Å². The number of aliphatic hydroxyl groups is 1. The van der Waals surface area contributed by atoms with Crippen LogP contribution in [-0.4, -0.2) is 30.4 Å². The molecule has 118 valence electrons. The van der Waals surface area contributed by atoms with Crippen LogP contribution in [-0.2, 0) is 6.42 Å². The first-order valence-corrected chi connectivity index (χ1v) is 8.41. The fourth-order valence-electron chi connectivity index (χ4n) is 2.86. The fraction of sp³-hybridized carbons (Fsp3) is 0.667. The van der Waals surface area contributed by atoms with Crippen LogP contribution in [0.1, 0.15) is 51.0 Å². The third-order valence-electron chi connectivity index (χ3n) is 4.27. The smallest absolute Gasteiger partial charge is 0.119 e. The van der Waals surface area contributed by atoms with E-state index in [0.717, 1.165) is 12.2 Å². The minimum absolute atomic E-state index is 0.352. The number of ether oxygens (including phenoxy) is 1. The Morgan fingerprint density at radius 2 is 1.81 bits per heavy atom. The molecule has 0 spiro atoms. The normalized spacial score (nSPS) is 18.2. The monoisotopic (exact) mass is 291 g/mol. The van der Waals surface area contributed by atoms with Gasteiger partial charge < -0.3 is 15.2 Å². The molecule has 2 rings (SSSR count). The second kappa shape index (κ2) is 9.06. The van der Waals surface area contributed by atoms with Gasteiger partial charge in [0.05, 0.1) is 0 Å². The van der Waals surface area contributed by atoms with Crippen molar-refractivity contribution >= 4 is 0 Å². The van der Waals surface area contributed by atoms with Crippen LogP contribution in [0.2, 0.25) is 0 Å². The van der Waals surface area contributed by atoms with Crippen molar-refractivity contribution in [3.8, 4) is 5.75 Å². The van der Waals surface area contributed by atoms with Crippen molar-refractivity contribution in [1.82, 2.24) is 5.32 Å². The number of aryl methyl sites for hydroxylation is 1. The molecule has 1 saturated carbocycles. The minimum atomic E-state index is -0.445. The maximum Gasteiger partial charge on any atom is 0.119 e. The summed E-state index contributed by atoms with van der Waals surface area (Å²) in [7, 11) is 0. The molecule has 1 aliphatic rings. The fourth-order valence-corrected chi connectivity index (χ4v) is 2.86. The van der Waals surface area contributed by atoms with Crippen LogP contribution in [0.25, 0.3) is 0 Å². The quantitative estimate of drug-likeness (QED) is 0.757. The lowest BCUT2D eigenvalue weighted by atomic mass is 10.1. The molecule has 0 aromatic heterocycles. The van der Waals surface area contributed by atoms with Crippen LogP contribution in [0.4, 0.5) is 0 Å². The summed E-state index contributed by atoms with van der Waals surface area (Å²) < 4.78 is 5.64. The minimum Gasteiger partial charge on any atom is -0.491 e. The first-order chi connectivity index (χ1) is 10.3. The van der Waals surface area contributed by atoms with Gasteiger partial charge in [-0.05, 0) is 37.0 Å². The van der Waals surface area contributed by atoms with Gasteiger partial charge in [0.1, 0.15) is 18.5 Å². The molecule has 3 nitrogen and oxygen atoms in total. The Balaban J connectivity index is 1.65. The van der Waals surface area contributed by atoms with E-state index in [2.05, 4.69) is 24.4 Å². The molecule has 1 unspecified atom stereocenters. The maximum absolute atomic E-state index is 10.0. The van der Waals surface area contributed by atoms with Crippen molar-refractivity contribution in [1.29, 1.82) is 0 Å². The summed E-state index contributed by atoms with van der Waals surface area (Å²) in [6.45, 7) is 3.11. The summed E-state index contributed by atoms with van der Waals surface area (Å²) >= 11 is 0. The Morgan fingerprint density at radius 3 is 2.43 bits per heavy atom. The highest BCUT2D eigenvalue weighted by Crippen LogP contribution is 2.17. The lowest BCUT2D eigenvalue weighted by Gasteiger charge is -2.19. The van der Waals surface area contributed by atoms with Crippen LogP contribution in [0.15, 0.2) is 24.3 Å². The van der Waals surface area contributed by atoms with E-state index in [-0.39, 0.29) is 0 Å². The molecular weight excluding hydrogens is 262 g/mol. The van der Waals surface area contributed by atoms with Gasteiger partial charge in [-0.15, -0.1) is 0 Å². The molecule has 0 heterocycles. The third kappa shape index (κ3) is 6.06. The zero-order chi connectivity index (χ0) is 14.9. The van der Waals surface area contributed by atoms with E-state index < -0.39 is 6.10 Å². The van der Waals surface area contributed by atoms with Gasteiger partial charge in [0.15, 0.2) is 0 Å². The molecule has 1 aliphatic carbocycles. The van der Waals surface area contributed by atoms with Crippen molar-refractivity contribution in [2.24, 2.45) is 0 Å². The molecular formula is C18H29NO2. The summed E-state index contributed by atoms with van der Waals surface area (Å²) in [6.07, 6.45) is 8.42. The molecule has 0 bridgehead atoms. The predicted molar refractivity (Wildman–Crippen MR) is 86.8 cm³/mol. The van der Waals surface area contributed by atoms with Gasteiger partial charge in [-0.25, -0.2) is 0 Å². The zero-order valence-corrected chi connectivity index (χ0v) is 13.2. The van der Waals surface area contributed by atoms with E-state index in [0.29, 0.717) is 19.2 Å². The summed E-state index contributed by atoms with van der Waals surface area (Å²) in [5.41, 5.74) is 1.30. The molecule has 21 heavy (non-hydrogen) atoms. The average Bonchev–Trinajstić information content (AvgIpc) is 2.80. The van der Waals surface area contributed by atoms with Gasteiger partial charge in [0.25, 0.3) is 0 Å². The molecule has 0 radical (unpaired) electrons. The molecule has 1 atom stereocenters. The first-order valence-electron chi connectivity index (χ1n) is 8.41. The van der Waals surface area contributed by atoms with E-state index in [9.17, 15) is 5.11 Å². The molecule has 3 heteroatoms. The van der Waals surface area contributed by atoms with Crippen LogP contribution >= 0.6 is 0 Å². The molecule has 0 aliphatic heterocycles. The molecule has 1 aromatic carbocycles. The van der Waals surface area contributed by atoms with E-state index in [4.69, 9.17) is 4.74 Å². The van der Waals surface area contributed by atoms with Crippen LogP contribution in [0.5, 0.6) is 5.75 Å². The highest BCUT2D eigenvalue weighted by atomic mass is 16.5. The van der Waals surface area contributed by atoms with Crippen molar-refractivity contribution in [2.45, 2.75) is 64.0 Å². The first kappa shape index (κ1) is 16.3. The summed E-state index contributed by atoms with van der Waals surface area (Å²) in [5, 5.41) is 13.5. The van der Waals surface area contributed by atoms with E-state index in [1.165, 1.54) is 44.1 Å². The van der Waals surface area contributed by atoms with Crippen molar-refractivity contribution in [3.63, 3.8) is 0 Å². The van der Waals surface area contributed by atoms with Gasteiger partial charge in [0, 0.05) is 12.6 Å². The van der Waals surface area contributed by atoms with Crippen molar-refractivity contribution < 1.29 is 9.84 Å². The summed E-state index contributed by atoms with van der Waals surface area (Å²) in [6, 6.07) is 8.68. The highest BCUT2D eigenvalue weighted by molar-refractivity contribution is 5.27. The lowest BCUT2D eigenvalue weighted by Crippen LogP contribution is -2.37.